The molecule has 22 heteroatoms. The lowest BCUT2D eigenvalue weighted by Gasteiger charge is -2.35. The number of esters is 4. The van der Waals surface area contributed by atoms with Crippen LogP contribution in [0, 0.1) is 50.4 Å². The topological polar surface area (TPSA) is 253 Å². The first kappa shape index (κ1) is 78.8. The summed E-state index contributed by atoms with van der Waals surface area (Å²) in [5.41, 5.74) is 0.443. The summed E-state index contributed by atoms with van der Waals surface area (Å²) in [6.07, 6.45) is 11.4. The van der Waals surface area contributed by atoms with E-state index in [-0.39, 0.29) is 84.0 Å². The van der Waals surface area contributed by atoms with E-state index >= 15 is 0 Å². The molecule has 0 aliphatic heterocycles. The fourth-order valence-corrected chi connectivity index (χ4v) is 16.2. The number of aryl methyl sites for hydroxylation is 4. The number of alkyl halides is 2. The van der Waals surface area contributed by atoms with E-state index in [1.165, 1.54) is 56.1 Å². The molecule has 0 aromatic heterocycles. The van der Waals surface area contributed by atoms with Gasteiger partial charge >= 0.3 is 29.1 Å². The van der Waals surface area contributed by atoms with Crippen LogP contribution in [0.2, 0.25) is 0 Å². The quantitative estimate of drug-likeness (QED) is 0.0145. The fraction of sp³-hybridized carbons (Fsp3) is 0.447. The zero-order valence-corrected chi connectivity index (χ0v) is 60.0. The van der Waals surface area contributed by atoms with Crippen LogP contribution in [-0.2, 0) is 70.0 Å². The average Bonchev–Trinajstić information content (AvgIpc) is 0.851. The Balaban J connectivity index is 0.000000233. The van der Waals surface area contributed by atoms with Gasteiger partial charge in [-0.2, -0.15) is 29.5 Å². The lowest BCUT2D eigenvalue weighted by atomic mass is 9.83. The van der Waals surface area contributed by atoms with Gasteiger partial charge in [0.2, 0.25) is 0 Å². The Hall–Kier alpha value is -8.15. The van der Waals surface area contributed by atoms with Crippen molar-refractivity contribution in [2.75, 3.05) is 26.4 Å². The normalized spacial score (nSPS) is 15.4. The summed E-state index contributed by atoms with van der Waals surface area (Å²) in [4.78, 5) is 55.9. The maximum absolute atomic E-state index is 13.0. The third-order valence-corrected chi connectivity index (χ3v) is 22.3. The molecule has 524 valence electrons. The number of azo groups is 1. The van der Waals surface area contributed by atoms with Crippen LogP contribution >= 0.6 is 0 Å². The Morgan fingerprint density at radius 2 is 0.816 bits per heavy atom. The molecule has 0 spiro atoms. The summed E-state index contributed by atoms with van der Waals surface area (Å²) in [6, 6.07) is 54.9. The molecule has 2 unspecified atom stereocenters. The van der Waals surface area contributed by atoms with Crippen LogP contribution in [0.1, 0.15) is 160 Å². The summed E-state index contributed by atoms with van der Waals surface area (Å²) in [6.45, 7) is 14.8. The number of rotatable bonds is 28. The first-order valence-electron chi connectivity index (χ1n) is 33.2. The molecule has 2 aliphatic carbocycles. The Morgan fingerprint density at radius 1 is 0.510 bits per heavy atom. The molecule has 0 radical (unpaired) electrons. The van der Waals surface area contributed by atoms with Crippen molar-refractivity contribution in [1.82, 2.24) is 0 Å². The van der Waals surface area contributed by atoms with Crippen molar-refractivity contribution in [3.8, 4) is 23.6 Å². The van der Waals surface area contributed by atoms with Gasteiger partial charge in [0.05, 0.1) is 40.5 Å². The van der Waals surface area contributed by atoms with Gasteiger partial charge in [-0.15, -0.1) is 0 Å². The number of benzene rings is 6. The second-order valence-electron chi connectivity index (χ2n) is 24.9. The summed E-state index contributed by atoms with van der Waals surface area (Å²) >= 11 is 0. The Kier molecular flexibility index (Phi) is 29.9. The van der Waals surface area contributed by atoms with Crippen molar-refractivity contribution >= 4 is 55.8 Å². The molecule has 2 aliphatic rings. The molecule has 0 heterocycles. The van der Waals surface area contributed by atoms with E-state index < -0.39 is 51.4 Å². The number of nitrogens with zero attached hydrogens (tertiary/aromatic N) is 4. The summed E-state index contributed by atoms with van der Waals surface area (Å²) in [7, 11) is -6.43. The molecule has 6 aromatic carbocycles. The van der Waals surface area contributed by atoms with Crippen molar-refractivity contribution in [1.29, 1.82) is 10.5 Å². The van der Waals surface area contributed by atoms with E-state index in [9.17, 15) is 51.5 Å². The second kappa shape index (κ2) is 37.2. The molecule has 0 N–H and O–H groups in total. The molecule has 2 atom stereocenters. The van der Waals surface area contributed by atoms with Crippen LogP contribution in [0.15, 0.2) is 185 Å². The lowest BCUT2D eigenvalue weighted by molar-refractivity contribution is -0.167. The largest absolute Gasteiger partial charge is 0.743 e. The molecule has 8 rings (SSSR count). The van der Waals surface area contributed by atoms with Gasteiger partial charge in [0.25, 0.3) is 0 Å². The SMILES string of the molecule is CCC1(OC(=O)COc2c(C)cc([S+](c3ccccc3)c3ccccc3)cc2C)CCCCC1.CCC1(OC(=O)COc2c(C)cc([S+](c3ccccc3)c3ccccc3)cc2C)CCCCC1.CCOC(=O)CCC(C)(C#N)N=NC(C)(C#N)CCC(=O)OCC(F)(F)S(=O)(=O)[O-]. The van der Waals surface area contributed by atoms with Crippen molar-refractivity contribution < 1.29 is 69.4 Å². The van der Waals surface area contributed by atoms with Crippen LogP contribution in [0.5, 0.6) is 11.5 Å². The van der Waals surface area contributed by atoms with Gasteiger partial charge in [-0.05, 0) is 196 Å². The molecule has 6 aromatic rings. The highest BCUT2D eigenvalue weighted by Crippen LogP contribution is 2.40. The number of hydrogen-bond acceptors (Lipinski definition) is 17. The van der Waals surface area contributed by atoms with Gasteiger partial charge in [0.15, 0.2) is 70.4 Å². The minimum atomic E-state index is -6.00. The van der Waals surface area contributed by atoms with E-state index in [1.807, 2.05) is 6.07 Å². The minimum Gasteiger partial charge on any atom is -0.743 e. The van der Waals surface area contributed by atoms with Crippen molar-refractivity contribution in [2.24, 2.45) is 10.2 Å². The maximum Gasteiger partial charge on any atom is 0.367 e. The van der Waals surface area contributed by atoms with E-state index in [1.54, 1.807) is 13.0 Å². The fourth-order valence-electron chi connectivity index (χ4n) is 11.5. The summed E-state index contributed by atoms with van der Waals surface area (Å²) in [5.74, 6) is -0.809. The molecule has 17 nitrogen and oxygen atoms in total. The maximum atomic E-state index is 13.0. The zero-order valence-electron chi connectivity index (χ0n) is 57.6. The zero-order chi connectivity index (χ0) is 71.6. The average molecular weight is 1400 g/mol. The van der Waals surface area contributed by atoms with E-state index in [0.29, 0.717) is 0 Å². The van der Waals surface area contributed by atoms with E-state index in [0.717, 1.165) is 98.0 Å². The van der Waals surface area contributed by atoms with E-state index in [4.69, 9.17) is 23.7 Å². The third kappa shape index (κ3) is 23.2. The summed E-state index contributed by atoms with van der Waals surface area (Å²) in [5, 5.41) is 21.3. The number of ether oxygens (including phenoxy) is 6. The smallest absolute Gasteiger partial charge is 0.367 e. The Morgan fingerprint density at radius 3 is 1.09 bits per heavy atom. The molecule has 98 heavy (non-hydrogen) atoms. The number of halogens is 2. The molecule has 0 bridgehead atoms. The number of hydrogen-bond donors (Lipinski definition) is 0. The first-order valence-corrected chi connectivity index (χ1v) is 37.0. The minimum absolute atomic E-state index is 0.0475. The van der Waals surface area contributed by atoms with Crippen molar-refractivity contribution in [3.63, 3.8) is 0 Å². The van der Waals surface area contributed by atoms with Crippen molar-refractivity contribution in [2.45, 2.75) is 222 Å². The molecule has 0 saturated heterocycles. The molecule has 0 amide bonds. The number of nitriles is 2. The Bertz CT molecular complexity index is 3520. The predicted octanol–water partition coefficient (Wildman–Crippen LogP) is 16.7. The Labute approximate surface area is 582 Å². The standard InChI is InChI=1S/2C30H35O3S.C16H22F2N4O7S/c2*1-4-30(18-12-7-13-19-30)33-28(31)22-32-29-23(2)20-27(21-24(29)3)34(25-14-8-5-9-15-25)26-16-10-6-11-17-26;1-4-28-12(23)5-7-14(2,9-19)21-22-15(3,10-20)8-6-13(24)29-11-16(17,18)30(25,26)27/h2*5-6,8-11,14-17,20-21H,4,7,12-13,18-19,22H2,1-3H3;4-8,11H2,1-3H3,(H,25,26,27)/q2*+1;/p-1. The third-order valence-electron chi connectivity index (χ3n) is 17.1. The van der Waals surface area contributed by atoms with Crippen LogP contribution in [0.4, 0.5) is 8.78 Å². The van der Waals surface area contributed by atoms with Crippen LogP contribution in [0.3, 0.4) is 0 Å². The highest BCUT2D eigenvalue weighted by molar-refractivity contribution is 7.97. The van der Waals surface area contributed by atoms with Gasteiger partial charge in [-0.25, -0.2) is 18.0 Å². The first-order chi connectivity index (χ1) is 46.7. The molecule has 2 fully saturated rings. The second-order valence-corrected chi connectivity index (χ2v) is 30.4. The van der Waals surface area contributed by atoms with Crippen LogP contribution in [0.25, 0.3) is 0 Å². The number of carbonyl (C=O) groups excluding carboxylic acids is 4. The highest BCUT2D eigenvalue weighted by Gasteiger charge is 2.41. The van der Waals surface area contributed by atoms with Gasteiger partial charge < -0.3 is 33.0 Å². The predicted molar refractivity (Wildman–Crippen MR) is 371 cm³/mol. The lowest BCUT2D eigenvalue weighted by Crippen LogP contribution is -2.38. The molecular formula is C76H91F2N4O13S3+. The van der Waals surface area contributed by atoms with Gasteiger partial charge in [0.1, 0.15) is 22.7 Å². The highest BCUT2D eigenvalue weighted by atomic mass is 32.2. The van der Waals surface area contributed by atoms with Crippen LogP contribution in [-0.4, -0.2) is 90.8 Å². The monoisotopic (exact) mass is 1400 g/mol. The van der Waals surface area contributed by atoms with Crippen LogP contribution < -0.4 is 9.47 Å². The molecule has 2 saturated carbocycles. The van der Waals surface area contributed by atoms with Gasteiger partial charge in [-0.3, -0.25) is 9.59 Å². The van der Waals surface area contributed by atoms with Gasteiger partial charge in [-0.1, -0.05) is 99.5 Å². The molecular weight excluding hydrogens is 1310 g/mol. The van der Waals surface area contributed by atoms with E-state index in [2.05, 4.69) is 202 Å². The number of carbonyl (C=O) groups is 4. The van der Waals surface area contributed by atoms with Gasteiger partial charge in [0, 0.05) is 37.1 Å². The van der Waals surface area contributed by atoms with Crippen molar-refractivity contribution in [3.05, 3.63) is 168 Å². The summed E-state index contributed by atoms with van der Waals surface area (Å²) < 4.78 is 89.8.